The van der Waals surface area contributed by atoms with Crippen LogP contribution in [0.25, 0.3) is 21.6 Å². The van der Waals surface area contributed by atoms with Crippen LogP contribution in [0.15, 0.2) is 66.0 Å². The zero-order chi connectivity index (χ0) is 32.2. The average Bonchev–Trinajstić information content (AvgIpc) is 3.47. The molecule has 0 saturated carbocycles. The summed E-state index contributed by atoms with van der Waals surface area (Å²) in [5.41, 5.74) is 9.15. The van der Waals surface area contributed by atoms with Gasteiger partial charge in [0.15, 0.2) is 5.78 Å². The van der Waals surface area contributed by atoms with Crippen molar-refractivity contribution in [3.05, 3.63) is 71.6 Å². The molecule has 3 aromatic rings. The van der Waals surface area contributed by atoms with E-state index in [1.165, 1.54) is 0 Å². The summed E-state index contributed by atoms with van der Waals surface area (Å²) in [5, 5.41) is 32.1. The van der Waals surface area contributed by atoms with E-state index >= 15 is 0 Å². The third-order valence-corrected chi connectivity index (χ3v) is 8.11. The standard InChI is InChI=1S/C32H34N2O9S/c33-31(42)22(10-12-28(36)37)15-26(35)25(11-13-29(38)39)34-32(43)23(17-30(40)41)14-19-6-8-21(9-7-19)27-16-24(18-44-27)20-4-2-1-3-5-20/h1-9,16,18,22-23,25H,10-15,17H2,(H2,33,42)(H,34,43)(H,36,37)(H,38,39)(H,40,41)/t22-,23-,25+/m1/s1. The lowest BCUT2D eigenvalue weighted by Crippen LogP contribution is -2.46. The van der Waals surface area contributed by atoms with Gasteiger partial charge in [0.1, 0.15) is 0 Å². The predicted molar refractivity (Wildman–Crippen MR) is 163 cm³/mol. The Balaban J connectivity index is 1.73. The Morgan fingerprint density at radius 3 is 1.95 bits per heavy atom. The highest BCUT2D eigenvalue weighted by Crippen LogP contribution is 2.33. The molecule has 232 valence electrons. The average molecular weight is 623 g/mol. The van der Waals surface area contributed by atoms with Gasteiger partial charge in [-0.3, -0.25) is 28.8 Å². The van der Waals surface area contributed by atoms with Crippen LogP contribution >= 0.6 is 11.3 Å². The van der Waals surface area contributed by atoms with Crippen LogP contribution in [0.3, 0.4) is 0 Å². The number of nitrogens with two attached hydrogens (primary N) is 1. The number of rotatable bonds is 18. The number of hydrogen-bond acceptors (Lipinski definition) is 7. The number of carboxylic acid groups (broad SMARTS) is 3. The molecule has 3 atom stereocenters. The van der Waals surface area contributed by atoms with Gasteiger partial charge in [-0.25, -0.2) is 0 Å². The number of nitrogens with one attached hydrogen (secondary N) is 1. The van der Waals surface area contributed by atoms with Crippen molar-refractivity contribution >= 4 is 46.8 Å². The molecule has 2 amide bonds. The minimum absolute atomic E-state index is 0.0421. The van der Waals surface area contributed by atoms with Crippen LogP contribution < -0.4 is 11.1 Å². The first-order chi connectivity index (χ1) is 20.9. The highest BCUT2D eigenvalue weighted by molar-refractivity contribution is 7.14. The number of carbonyl (C=O) groups is 6. The van der Waals surface area contributed by atoms with Gasteiger partial charge in [0, 0.05) is 30.1 Å². The van der Waals surface area contributed by atoms with Gasteiger partial charge < -0.3 is 26.4 Å². The predicted octanol–water partition coefficient (Wildman–Crippen LogP) is 3.99. The maximum atomic E-state index is 13.3. The second-order valence-electron chi connectivity index (χ2n) is 10.5. The van der Waals surface area contributed by atoms with E-state index in [2.05, 4.69) is 16.8 Å². The fraction of sp³-hybridized carbons (Fsp3) is 0.312. The number of ketones is 1. The van der Waals surface area contributed by atoms with Crippen LogP contribution in [0, 0.1) is 11.8 Å². The van der Waals surface area contributed by atoms with Crippen molar-refractivity contribution in [2.45, 2.75) is 51.0 Å². The van der Waals surface area contributed by atoms with Crippen molar-refractivity contribution in [2.75, 3.05) is 0 Å². The van der Waals surface area contributed by atoms with Gasteiger partial charge in [-0.1, -0.05) is 54.6 Å². The number of primary amides is 1. The lowest BCUT2D eigenvalue weighted by Gasteiger charge is -2.22. The molecule has 11 nitrogen and oxygen atoms in total. The maximum absolute atomic E-state index is 13.3. The summed E-state index contributed by atoms with van der Waals surface area (Å²) in [4.78, 5) is 72.9. The Bertz CT molecular complexity index is 1480. The number of hydrogen-bond donors (Lipinski definition) is 5. The second kappa shape index (κ2) is 16.1. The van der Waals surface area contributed by atoms with Gasteiger partial charge >= 0.3 is 17.9 Å². The van der Waals surface area contributed by atoms with Gasteiger partial charge in [0.2, 0.25) is 11.8 Å². The van der Waals surface area contributed by atoms with Gasteiger partial charge in [-0.2, -0.15) is 0 Å². The van der Waals surface area contributed by atoms with E-state index in [1.54, 1.807) is 23.5 Å². The fourth-order valence-corrected chi connectivity index (χ4v) is 5.65. The molecular formula is C32H34N2O9S. The van der Waals surface area contributed by atoms with E-state index in [0.29, 0.717) is 5.56 Å². The minimum Gasteiger partial charge on any atom is -0.481 e. The van der Waals surface area contributed by atoms with E-state index in [0.717, 1.165) is 21.6 Å². The molecule has 0 spiro atoms. The normalized spacial score (nSPS) is 12.9. The Labute approximate surface area is 257 Å². The molecular weight excluding hydrogens is 588 g/mol. The minimum atomic E-state index is -1.33. The van der Waals surface area contributed by atoms with Crippen LogP contribution in [-0.2, 0) is 35.2 Å². The Morgan fingerprint density at radius 1 is 0.727 bits per heavy atom. The van der Waals surface area contributed by atoms with Crippen molar-refractivity contribution < 1.29 is 44.1 Å². The van der Waals surface area contributed by atoms with Crippen molar-refractivity contribution in [1.29, 1.82) is 0 Å². The molecule has 44 heavy (non-hydrogen) atoms. The largest absolute Gasteiger partial charge is 0.481 e. The van der Waals surface area contributed by atoms with Crippen LogP contribution in [0.5, 0.6) is 0 Å². The molecule has 12 heteroatoms. The summed E-state index contributed by atoms with van der Waals surface area (Å²) in [6.45, 7) is 0. The molecule has 0 aliphatic carbocycles. The molecule has 0 aliphatic rings. The molecule has 1 heterocycles. The number of benzene rings is 2. The van der Waals surface area contributed by atoms with Gasteiger partial charge in [-0.15, -0.1) is 11.3 Å². The fourth-order valence-electron chi connectivity index (χ4n) is 4.73. The van der Waals surface area contributed by atoms with E-state index < -0.39 is 79.1 Å². The number of thiophene rings is 1. The number of amides is 2. The number of carbonyl (C=O) groups excluding carboxylic acids is 3. The summed E-state index contributed by atoms with van der Waals surface area (Å²) in [6.07, 6.45) is -2.38. The molecule has 0 aliphatic heterocycles. The second-order valence-corrected chi connectivity index (χ2v) is 11.4. The summed E-state index contributed by atoms with van der Waals surface area (Å²) in [5.74, 6) is -8.19. The molecule has 1 aromatic heterocycles. The molecule has 2 aromatic carbocycles. The van der Waals surface area contributed by atoms with Gasteiger partial charge in [0.25, 0.3) is 0 Å². The first kappa shape index (κ1) is 33.7. The van der Waals surface area contributed by atoms with Crippen molar-refractivity contribution in [1.82, 2.24) is 5.32 Å². The van der Waals surface area contributed by atoms with Crippen LogP contribution in [0.2, 0.25) is 0 Å². The Hall–Kier alpha value is -4.84. The molecule has 6 N–H and O–H groups in total. The summed E-state index contributed by atoms with van der Waals surface area (Å²) < 4.78 is 0. The lowest BCUT2D eigenvalue weighted by atomic mass is 9.90. The maximum Gasteiger partial charge on any atom is 0.304 e. The van der Waals surface area contributed by atoms with E-state index in [4.69, 9.17) is 15.9 Å². The monoisotopic (exact) mass is 622 g/mol. The summed E-state index contributed by atoms with van der Waals surface area (Å²) >= 11 is 1.58. The van der Waals surface area contributed by atoms with Crippen molar-refractivity contribution in [3.8, 4) is 21.6 Å². The number of Topliss-reactive ketones (excluding diaryl/α,β-unsaturated/α-hetero) is 1. The van der Waals surface area contributed by atoms with E-state index in [9.17, 15) is 33.9 Å². The molecule has 0 fully saturated rings. The summed E-state index contributed by atoms with van der Waals surface area (Å²) in [6, 6.07) is 18.0. The Morgan fingerprint density at radius 2 is 1.36 bits per heavy atom. The number of carboxylic acids is 3. The first-order valence-corrected chi connectivity index (χ1v) is 14.8. The Kier molecular flexibility index (Phi) is 12.3. The smallest absolute Gasteiger partial charge is 0.304 e. The topological polar surface area (TPSA) is 201 Å². The van der Waals surface area contributed by atoms with Gasteiger partial charge in [0.05, 0.1) is 18.4 Å². The molecule has 0 bridgehead atoms. The van der Waals surface area contributed by atoms with Crippen molar-refractivity contribution in [2.24, 2.45) is 17.6 Å². The number of aliphatic carboxylic acids is 3. The van der Waals surface area contributed by atoms with Crippen molar-refractivity contribution in [3.63, 3.8) is 0 Å². The summed E-state index contributed by atoms with van der Waals surface area (Å²) in [7, 11) is 0. The zero-order valence-corrected chi connectivity index (χ0v) is 24.6. The lowest BCUT2D eigenvalue weighted by molar-refractivity contribution is -0.142. The van der Waals surface area contributed by atoms with E-state index in [1.807, 2.05) is 42.5 Å². The van der Waals surface area contributed by atoms with Crippen LogP contribution in [0.1, 0.15) is 44.1 Å². The zero-order valence-electron chi connectivity index (χ0n) is 23.8. The molecule has 0 saturated heterocycles. The molecule has 0 unspecified atom stereocenters. The van der Waals surface area contributed by atoms with E-state index in [-0.39, 0.29) is 19.3 Å². The molecule has 0 radical (unpaired) electrons. The highest BCUT2D eigenvalue weighted by atomic mass is 32.1. The van der Waals surface area contributed by atoms with Crippen LogP contribution in [-0.4, -0.2) is 56.9 Å². The van der Waals surface area contributed by atoms with Gasteiger partial charge in [-0.05, 0) is 53.0 Å². The first-order valence-electron chi connectivity index (χ1n) is 13.9. The SMILES string of the molecule is NC(=O)[C@H](CCC(=O)O)CC(=O)[C@H](CCC(=O)O)NC(=O)[C@@H](CC(=O)O)Cc1ccc(-c2cc(-c3ccccc3)cs2)cc1. The highest BCUT2D eigenvalue weighted by Gasteiger charge is 2.30. The quantitative estimate of drug-likeness (QED) is 0.139. The third-order valence-electron chi connectivity index (χ3n) is 7.13. The van der Waals surface area contributed by atoms with Crippen LogP contribution in [0.4, 0.5) is 0 Å². The molecule has 3 rings (SSSR count). The third kappa shape index (κ3) is 10.5.